The SMILES string of the molecule is COc1cccc(-n2nc(C(C)(C)C)cc2NC(=O)Nc2cc(Cl)cc(Cl)c2)c1. The van der Waals surface area contributed by atoms with Gasteiger partial charge >= 0.3 is 6.03 Å². The van der Waals surface area contributed by atoms with Crippen molar-refractivity contribution in [1.82, 2.24) is 9.78 Å². The van der Waals surface area contributed by atoms with E-state index in [1.54, 1.807) is 30.0 Å². The highest BCUT2D eigenvalue weighted by molar-refractivity contribution is 6.35. The number of amides is 2. The normalized spacial score (nSPS) is 11.2. The maximum absolute atomic E-state index is 12.6. The van der Waals surface area contributed by atoms with Crippen molar-refractivity contribution in [3.8, 4) is 11.4 Å². The van der Waals surface area contributed by atoms with Crippen molar-refractivity contribution in [2.45, 2.75) is 26.2 Å². The Morgan fingerprint density at radius 3 is 2.34 bits per heavy atom. The molecule has 0 aliphatic rings. The molecule has 152 valence electrons. The van der Waals surface area contributed by atoms with Gasteiger partial charge in [-0.15, -0.1) is 0 Å². The van der Waals surface area contributed by atoms with Gasteiger partial charge in [0.15, 0.2) is 0 Å². The second-order valence-electron chi connectivity index (χ2n) is 7.52. The van der Waals surface area contributed by atoms with Crippen LogP contribution in [0.4, 0.5) is 16.3 Å². The number of carbonyl (C=O) groups is 1. The van der Waals surface area contributed by atoms with E-state index in [0.717, 1.165) is 11.4 Å². The van der Waals surface area contributed by atoms with Crippen LogP contribution in [0.25, 0.3) is 5.69 Å². The Balaban J connectivity index is 1.92. The number of methoxy groups -OCH3 is 1. The monoisotopic (exact) mass is 432 g/mol. The van der Waals surface area contributed by atoms with E-state index in [2.05, 4.69) is 31.4 Å². The maximum Gasteiger partial charge on any atom is 0.324 e. The summed E-state index contributed by atoms with van der Waals surface area (Å²) in [5, 5.41) is 11.1. The molecule has 0 saturated heterocycles. The molecule has 6 nitrogen and oxygen atoms in total. The number of ether oxygens (including phenoxy) is 1. The molecule has 0 aliphatic carbocycles. The zero-order valence-corrected chi connectivity index (χ0v) is 18.1. The summed E-state index contributed by atoms with van der Waals surface area (Å²) in [5.41, 5.74) is 1.89. The lowest BCUT2D eigenvalue weighted by Gasteiger charge is -2.14. The van der Waals surface area contributed by atoms with Gasteiger partial charge in [-0.2, -0.15) is 5.10 Å². The minimum atomic E-state index is -0.437. The molecule has 8 heteroatoms. The number of carbonyl (C=O) groups excluding carboxylic acids is 1. The largest absolute Gasteiger partial charge is 0.497 e. The van der Waals surface area contributed by atoms with Gasteiger partial charge in [-0.3, -0.25) is 5.32 Å². The Morgan fingerprint density at radius 2 is 1.72 bits per heavy atom. The third-order valence-corrected chi connectivity index (χ3v) is 4.57. The highest BCUT2D eigenvalue weighted by Gasteiger charge is 2.21. The van der Waals surface area contributed by atoms with Gasteiger partial charge in [-0.1, -0.05) is 50.0 Å². The van der Waals surface area contributed by atoms with Gasteiger partial charge in [-0.05, 0) is 30.3 Å². The predicted octanol–water partition coefficient (Wildman–Crippen LogP) is 6.13. The molecule has 2 amide bonds. The van der Waals surface area contributed by atoms with Crippen molar-refractivity contribution >= 4 is 40.7 Å². The molecule has 0 unspecified atom stereocenters. The minimum Gasteiger partial charge on any atom is -0.497 e. The van der Waals surface area contributed by atoms with Crippen LogP contribution in [0.5, 0.6) is 5.75 Å². The smallest absolute Gasteiger partial charge is 0.324 e. The van der Waals surface area contributed by atoms with Gasteiger partial charge in [0.2, 0.25) is 0 Å². The summed E-state index contributed by atoms with van der Waals surface area (Å²) in [6.07, 6.45) is 0. The molecule has 1 aromatic heterocycles. The number of aromatic nitrogens is 2. The van der Waals surface area contributed by atoms with E-state index in [9.17, 15) is 4.79 Å². The molecule has 0 bridgehead atoms. The quantitative estimate of drug-likeness (QED) is 0.520. The summed E-state index contributed by atoms with van der Waals surface area (Å²) in [6.45, 7) is 6.18. The number of hydrogen-bond donors (Lipinski definition) is 2. The number of benzene rings is 2. The van der Waals surface area contributed by atoms with Crippen LogP contribution in [0.3, 0.4) is 0 Å². The van der Waals surface area contributed by atoms with Crippen LogP contribution < -0.4 is 15.4 Å². The fourth-order valence-corrected chi connectivity index (χ4v) is 3.21. The first-order valence-electron chi connectivity index (χ1n) is 8.95. The third-order valence-electron chi connectivity index (χ3n) is 4.14. The first kappa shape index (κ1) is 21.0. The fourth-order valence-electron chi connectivity index (χ4n) is 2.68. The number of anilines is 2. The van der Waals surface area contributed by atoms with E-state index in [4.69, 9.17) is 33.0 Å². The van der Waals surface area contributed by atoms with E-state index in [1.807, 2.05) is 30.3 Å². The Labute approximate surface area is 179 Å². The van der Waals surface area contributed by atoms with Crippen molar-refractivity contribution in [2.75, 3.05) is 17.7 Å². The molecular formula is C21H22Cl2N4O2. The summed E-state index contributed by atoms with van der Waals surface area (Å²) in [7, 11) is 1.60. The van der Waals surface area contributed by atoms with Crippen LogP contribution >= 0.6 is 23.2 Å². The molecule has 0 saturated carbocycles. The molecule has 3 rings (SSSR count). The van der Waals surface area contributed by atoms with Crippen LogP contribution in [0.1, 0.15) is 26.5 Å². The van der Waals surface area contributed by atoms with Gasteiger partial charge in [-0.25, -0.2) is 9.48 Å². The number of urea groups is 1. The summed E-state index contributed by atoms with van der Waals surface area (Å²) in [4.78, 5) is 12.6. The Bertz CT molecular complexity index is 1020. The highest BCUT2D eigenvalue weighted by atomic mass is 35.5. The lowest BCUT2D eigenvalue weighted by atomic mass is 9.92. The van der Waals surface area contributed by atoms with E-state index in [0.29, 0.717) is 27.3 Å². The topological polar surface area (TPSA) is 68.2 Å². The van der Waals surface area contributed by atoms with E-state index < -0.39 is 6.03 Å². The van der Waals surface area contributed by atoms with Crippen LogP contribution in [0, 0.1) is 0 Å². The van der Waals surface area contributed by atoms with Crippen molar-refractivity contribution in [2.24, 2.45) is 0 Å². The Morgan fingerprint density at radius 1 is 1.03 bits per heavy atom. The van der Waals surface area contributed by atoms with E-state index in [1.165, 1.54) is 0 Å². The molecule has 29 heavy (non-hydrogen) atoms. The number of hydrogen-bond acceptors (Lipinski definition) is 3. The molecule has 0 aliphatic heterocycles. The van der Waals surface area contributed by atoms with Gasteiger partial charge < -0.3 is 10.1 Å². The third kappa shape index (κ3) is 5.22. The number of rotatable bonds is 4. The minimum absolute atomic E-state index is 0.197. The van der Waals surface area contributed by atoms with Crippen molar-refractivity contribution in [3.63, 3.8) is 0 Å². The van der Waals surface area contributed by atoms with Gasteiger partial charge in [0.25, 0.3) is 0 Å². The molecule has 0 radical (unpaired) electrons. The first-order valence-corrected chi connectivity index (χ1v) is 9.70. The fraction of sp³-hybridized carbons (Fsp3) is 0.238. The van der Waals surface area contributed by atoms with Crippen LogP contribution in [0.2, 0.25) is 10.0 Å². The standard InChI is InChI=1S/C21H22Cl2N4O2/c1-21(2,3)18-12-19(27(26-18)16-6-5-7-17(11-16)29-4)25-20(28)24-15-9-13(22)8-14(23)10-15/h5-12H,1-4H3,(H2,24,25,28). The zero-order chi connectivity index (χ0) is 21.2. The average Bonchev–Trinajstić information content (AvgIpc) is 3.05. The van der Waals surface area contributed by atoms with Crippen molar-refractivity contribution in [3.05, 3.63) is 64.3 Å². The molecule has 0 fully saturated rings. The Hall–Kier alpha value is -2.70. The van der Waals surface area contributed by atoms with E-state index in [-0.39, 0.29) is 5.41 Å². The molecule has 0 spiro atoms. The van der Waals surface area contributed by atoms with Crippen molar-refractivity contribution < 1.29 is 9.53 Å². The average molecular weight is 433 g/mol. The van der Waals surface area contributed by atoms with E-state index >= 15 is 0 Å². The van der Waals surface area contributed by atoms with Crippen LogP contribution in [-0.4, -0.2) is 22.9 Å². The second-order valence-corrected chi connectivity index (χ2v) is 8.39. The second kappa shape index (κ2) is 8.35. The number of halogens is 2. The van der Waals surface area contributed by atoms with Crippen LogP contribution in [0.15, 0.2) is 48.5 Å². The molecular weight excluding hydrogens is 411 g/mol. The highest BCUT2D eigenvalue weighted by Crippen LogP contribution is 2.28. The maximum atomic E-state index is 12.6. The van der Waals surface area contributed by atoms with Gasteiger partial charge in [0, 0.05) is 33.3 Å². The van der Waals surface area contributed by atoms with Gasteiger partial charge in [0.05, 0.1) is 18.5 Å². The van der Waals surface area contributed by atoms with Crippen molar-refractivity contribution in [1.29, 1.82) is 0 Å². The summed E-state index contributed by atoms with van der Waals surface area (Å²) in [5.74, 6) is 1.22. The predicted molar refractivity (Wildman–Crippen MR) is 118 cm³/mol. The zero-order valence-electron chi connectivity index (χ0n) is 16.6. The van der Waals surface area contributed by atoms with Crippen LogP contribution in [-0.2, 0) is 5.41 Å². The summed E-state index contributed by atoms with van der Waals surface area (Å²) < 4.78 is 6.98. The first-order chi connectivity index (χ1) is 13.7. The lowest BCUT2D eigenvalue weighted by Crippen LogP contribution is -2.21. The number of nitrogens with zero attached hydrogens (tertiary/aromatic N) is 2. The Kier molecular flexibility index (Phi) is 6.05. The molecule has 2 N–H and O–H groups in total. The molecule has 2 aromatic carbocycles. The lowest BCUT2D eigenvalue weighted by molar-refractivity contribution is 0.262. The molecule has 0 atom stereocenters. The number of nitrogens with one attached hydrogen (secondary N) is 2. The summed E-state index contributed by atoms with van der Waals surface area (Å²) >= 11 is 12.0. The summed E-state index contributed by atoms with van der Waals surface area (Å²) in [6, 6.07) is 13.7. The van der Waals surface area contributed by atoms with Gasteiger partial charge in [0.1, 0.15) is 11.6 Å². The molecule has 3 aromatic rings. The molecule has 1 heterocycles.